The topological polar surface area (TPSA) is 72.5 Å². The van der Waals surface area contributed by atoms with Gasteiger partial charge in [-0.05, 0) is 31.9 Å². The third-order valence-electron chi connectivity index (χ3n) is 3.20. The van der Waals surface area contributed by atoms with Crippen LogP contribution in [0.5, 0.6) is 0 Å². The van der Waals surface area contributed by atoms with Crippen molar-refractivity contribution in [1.82, 2.24) is 4.72 Å². The number of benzene rings is 1. The van der Waals surface area contributed by atoms with Crippen molar-refractivity contribution in [3.63, 3.8) is 0 Å². The molecule has 5 nitrogen and oxygen atoms in total. The predicted octanol–water partition coefficient (Wildman–Crippen LogP) is 2.03. The summed E-state index contributed by atoms with van der Waals surface area (Å²) in [4.78, 5) is 11.3. The van der Waals surface area contributed by atoms with E-state index in [0.29, 0.717) is 0 Å². The van der Waals surface area contributed by atoms with E-state index in [0.717, 1.165) is 5.56 Å². The van der Waals surface area contributed by atoms with Crippen LogP contribution in [-0.2, 0) is 19.6 Å². The lowest BCUT2D eigenvalue weighted by Crippen LogP contribution is -2.36. The molecule has 1 aromatic rings. The maximum absolute atomic E-state index is 12.2. The molecular formula is C15H21NO4S. The van der Waals surface area contributed by atoms with Crippen LogP contribution in [0.25, 0.3) is 0 Å². The number of hydrogen-bond acceptors (Lipinski definition) is 4. The lowest BCUT2D eigenvalue weighted by molar-refractivity contribution is -0.134. The zero-order chi connectivity index (χ0) is 16.0. The van der Waals surface area contributed by atoms with Gasteiger partial charge in [-0.3, -0.25) is 0 Å². The van der Waals surface area contributed by atoms with Gasteiger partial charge in [-0.15, -0.1) is 0 Å². The highest BCUT2D eigenvalue weighted by Crippen LogP contribution is 2.13. The molecule has 0 spiro atoms. The number of ether oxygens (including phenoxy) is 1. The molecule has 0 aromatic heterocycles. The number of nitrogens with one attached hydrogen (secondary N) is 1. The van der Waals surface area contributed by atoms with Crippen LogP contribution in [0.2, 0.25) is 0 Å². The van der Waals surface area contributed by atoms with Crippen LogP contribution in [0.3, 0.4) is 0 Å². The van der Waals surface area contributed by atoms with Crippen LogP contribution in [-0.4, -0.2) is 27.5 Å². The fraction of sp³-hybridized carbons (Fsp3) is 0.400. The molecule has 0 radical (unpaired) electrons. The van der Waals surface area contributed by atoms with E-state index in [1.165, 1.54) is 13.2 Å². The third-order valence-corrected chi connectivity index (χ3v) is 4.77. The molecule has 0 saturated heterocycles. The molecule has 1 aromatic carbocycles. The summed E-state index contributed by atoms with van der Waals surface area (Å²) in [6.45, 7) is 5.46. The van der Waals surface area contributed by atoms with E-state index >= 15 is 0 Å². The number of hydrogen-bond donors (Lipinski definition) is 1. The van der Waals surface area contributed by atoms with Gasteiger partial charge in [0.15, 0.2) is 0 Å². The summed E-state index contributed by atoms with van der Waals surface area (Å²) in [5.41, 5.74) is 0.997. The zero-order valence-electron chi connectivity index (χ0n) is 12.7. The molecule has 21 heavy (non-hydrogen) atoms. The number of carbonyl (C=O) groups is 1. The van der Waals surface area contributed by atoms with Gasteiger partial charge in [0, 0.05) is 12.1 Å². The molecule has 1 rings (SSSR count). The summed E-state index contributed by atoms with van der Waals surface area (Å²) in [5, 5.41) is 0. The van der Waals surface area contributed by atoms with Gasteiger partial charge in [-0.2, -0.15) is 0 Å². The van der Waals surface area contributed by atoms with E-state index in [-0.39, 0.29) is 16.9 Å². The number of sulfonamides is 1. The summed E-state index contributed by atoms with van der Waals surface area (Å²) in [7, 11) is -2.27. The minimum atomic E-state index is -3.57. The van der Waals surface area contributed by atoms with Gasteiger partial charge in [0.2, 0.25) is 10.0 Å². The van der Waals surface area contributed by atoms with E-state index < -0.39 is 16.0 Å². The Labute approximate surface area is 126 Å². The molecular weight excluding hydrogens is 290 g/mol. The van der Waals surface area contributed by atoms with Crippen molar-refractivity contribution >= 4 is 16.0 Å². The molecule has 6 heteroatoms. The van der Waals surface area contributed by atoms with Crippen LogP contribution in [0, 0.1) is 12.8 Å². The van der Waals surface area contributed by atoms with Crippen molar-refractivity contribution in [3.8, 4) is 0 Å². The summed E-state index contributed by atoms with van der Waals surface area (Å²) in [6.07, 6.45) is 2.91. The Hall–Kier alpha value is -1.66. The Morgan fingerprint density at radius 3 is 2.33 bits per heavy atom. The standard InChI is InChI=1S/C15H21NO4S/c1-11-5-8-14(9-6-11)21(18,19)16-13(3)12(2)7-10-15(17)20-4/h5-10,12-13,16H,1-4H3/b10-7-/t12-,13+/m1/s1. The van der Waals surface area contributed by atoms with Crippen molar-refractivity contribution in [2.45, 2.75) is 31.7 Å². The molecule has 0 fully saturated rings. The highest BCUT2D eigenvalue weighted by Gasteiger charge is 2.19. The second-order valence-corrected chi connectivity index (χ2v) is 6.68. The Morgan fingerprint density at radius 1 is 1.24 bits per heavy atom. The maximum Gasteiger partial charge on any atom is 0.330 e. The van der Waals surface area contributed by atoms with Gasteiger partial charge in [0.25, 0.3) is 0 Å². The van der Waals surface area contributed by atoms with Gasteiger partial charge < -0.3 is 4.74 Å². The van der Waals surface area contributed by atoms with Gasteiger partial charge in [-0.1, -0.05) is 30.7 Å². The Bertz CT molecular complexity index is 605. The van der Waals surface area contributed by atoms with Crippen LogP contribution < -0.4 is 4.72 Å². The van der Waals surface area contributed by atoms with Gasteiger partial charge >= 0.3 is 5.97 Å². The predicted molar refractivity (Wildman–Crippen MR) is 81.3 cm³/mol. The number of carbonyl (C=O) groups excluding carboxylic acids is 1. The first-order chi connectivity index (χ1) is 9.76. The Balaban J connectivity index is 2.76. The zero-order valence-corrected chi connectivity index (χ0v) is 13.5. The second kappa shape index (κ2) is 7.38. The first-order valence-electron chi connectivity index (χ1n) is 6.61. The third kappa shape index (κ3) is 5.32. The molecule has 116 valence electrons. The second-order valence-electron chi connectivity index (χ2n) is 4.96. The van der Waals surface area contributed by atoms with E-state index in [9.17, 15) is 13.2 Å². The Morgan fingerprint density at radius 2 is 1.81 bits per heavy atom. The van der Waals surface area contributed by atoms with E-state index in [4.69, 9.17) is 0 Å². The van der Waals surface area contributed by atoms with Gasteiger partial charge in [0.05, 0.1) is 12.0 Å². The van der Waals surface area contributed by atoms with Crippen molar-refractivity contribution in [1.29, 1.82) is 0 Å². The number of esters is 1. The summed E-state index contributed by atoms with van der Waals surface area (Å²) >= 11 is 0. The van der Waals surface area contributed by atoms with Crippen molar-refractivity contribution in [3.05, 3.63) is 42.0 Å². The van der Waals surface area contributed by atoms with Crippen molar-refractivity contribution in [2.24, 2.45) is 5.92 Å². The maximum atomic E-state index is 12.2. The lowest BCUT2D eigenvalue weighted by Gasteiger charge is -2.18. The quantitative estimate of drug-likeness (QED) is 0.644. The fourth-order valence-corrected chi connectivity index (χ4v) is 2.94. The first kappa shape index (κ1) is 17.4. The average molecular weight is 311 g/mol. The molecule has 2 atom stereocenters. The SMILES string of the molecule is COC(=O)/C=C\[C@@H](C)[C@H](C)NS(=O)(=O)c1ccc(C)cc1. The van der Waals surface area contributed by atoms with Crippen molar-refractivity contribution in [2.75, 3.05) is 7.11 Å². The first-order valence-corrected chi connectivity index (χ1v) is 8.09. The van der Waals surface area contributed by atoms with E-state index in [2.05, 4.69) is 9.46 Å². The minimum absolute atomic E-state index is 0.149. The molecule has 0 unspecified atom stereocenters. The normalized spacial score (nSPS) is 14.9. The molecule has 0 saturated carbocycles. The van der Waals surface area contributed by atoms with Crippen LogP contribution in [0.4, 0.5) is 0 Å². The van der Waals surface area contributed by atoms with Crippen LogP contribution >= 0.6 is 0 Å². The summed E-state index contributed by atoms with van der Waals surface area (Å²) < 4.78 is 31.6. The highest BCUT2D eigenvalue weighted by molar-refractivity contribution is 7.89. The average Bonchev–Trinajstić information content (AvgIpc) is 2.44. The van der Waals surface area contributed by atoms with Crippen molar-refractivity contribution < 1.29 is 17.9 Å². The lowest BCUT2D eigenvalue weighted by atomic mass is 10.0. The van der Waals surface area contributed by atoms with Crippen LogP contribution in [0.15, 0.2) is 41.3 Å². The number of rotatable bonds is 6. The van der Waals surface area contributed by atoms with Gasteiger partial charge in [-0.25, -0.2) is 17.9 Å². The largest absolute Gasteiger partial charge is 0.466 e. The fourth-order valence-electron chi connectivity index (χ4n) is 1.60. The smallest absolute Gasteiger partial charge is 0.330 e. The molecule has 0 heterocycles. The highest BCUT2D eigenvalue weighted by atomic mass is 32.2. The minimum Gasteiger partial charge on any atom is -0.466 e. The molecule has 0 bridgehead atoms. The van der Waals surface area contributed by atoms with E-state index in [1.807, 2.05) is 13.8 Å². The number of methoxy groups -OCH3 is 1. The Kier molecular flexibility index (Phi) is 6.11. The molecule has 0 amide bonds. The number of aryl methyl sites for hydroxylation is 1. The summed E-state index contributed by atoms with van der Waals surface area (Å²) in [5.74, 6) is -0.611. The summed E-state index contributed by atoms with van der Waals surface area (Å²) in [6, 6.07) is 6.29. The molecule has 0 aliphatic carbocycles. The van der Waals surface area contributed by atoms with E-state index in [1.54, 1.807) is 37.3 Å². The van der Waals surface area contributed by atoms with Gasteiger partial charge in [0.1, 0.15) is 0 Å². The molecule has 0 aliphatic heterocycles. The molecule has 0 aliphatic rings. The molecule has 1 N–H and O–H groups in total. The monoisotopic (exact) mass is 311 g/mol. The van der Waals surface area contributed by atoms with Crippen LogP contribution in [0.1, 0.15) is 19.4 Å².